The molecule has 1 heteroatoms. The molecular formula is C15H20O. The lowest BCUT2D eigenvalue weighted by atomic mass is 9.68. The van der Waals surface area contributed by atoms with Gasteiger partial charge in [0.05, 0.1) is 6.61 Å². The minimum atomic E-state index is 0.192. The quantitative estimate of drug-likeness (QED) is 0.762. The summed E-state index contributed by atoms with van der Waals surface area (Å²) in [6, 6.07) is 8.36. The summed E-state index contributed by atoms with van der Waals surface area (Å²) in [4.78, 5) is 0. The zero-order valence-corrected chi connectivity index (χ0v) is 10.3. The van der Waals surface area contributed by atoms with E-state index in [2.05, 4.69) is 57.2 Å². The third-order valence-corrected chi connectivity index (χ3v) is 3.51. The molecule has 1 aliphatic carbocycles. The topological polar surface area (TPSA) is 20.2 Å². The van der Waals surface area contributed by atoms with Crippen molar-refractivity contribution in [1.29, 1.82) is 0 Å². The zero-order valence-electron chi connectivity index (χ0n) is 10.3. The highest BCUT2D eigenvalue weighted by Gasteiger charge is 2.33. The molecule has 0 saturated carbocycles. The molecule has 0 aromatic heterocycles. The fraction of sp³-hybridized carbons (Fsp3) is 0.467. The van der Waals surface area contributed by atoms with Gasteiger partial charge in [0.1, 0.15) is 0 Å². The second kappa shape index (κ2) is 4.06. The molecule has 0 aliphatic heterocycles. The van der Waals surface area contributed by atoms with Gasteiger partial charge >= 0.3 is 0 Å². The van der Waals surface area contributed by atoms with Crippen LogP contribution in [0.25, 0.3) is 6.08 Å². The minimum absolute atomic E-state index is 0.192. The second-order valence-electron chi connectivity index (χ2n) is 5.67. The maximum Gasteiger partial charge on any atom is 0.0505 e. The molecule has 0 spiro atoms. The smallest absolute Gasteiger partial charge is 0.0505 e. The standard InChI is InChI=1S/C15H20O/c1-15(2,3)14-9-8-11-6-4-5-7-12(11)13(14)10-16/h4-9,13-14,16H,10H2,1-3H3/t13-,14-/m1/s1. The van der Waals surface area contributed by atoms with Gasteiger partial charge in [0.2, 0.25) is 0 Å². The summed E-state index contributed by atoms with van der Waals surface area (Å²) in [5, 5.41) is 9.64. The maximum absolute atomic E-state index is 9.64. The number of hydrogen-bond acceptors (Lipinski definition) is 1. The lowest BCUT2D eigenvalue weighted by Gasteiger charge is -2.37. The average molecular weight is 216 g/mol. The number of rotatable bonds is 1. The Hall–Kier alpha value is -1.08. The predicted molar refractivity (Wildman–Crippen MR) is 68.2 cm³/mol. The van der Waals surface area contributed by atoms with Gasteiger partial charge in [0.15, 0.2) is 0 Å². The van der Waals surface area contributed by atoms with Gasteiger partial charge < -0.3 is 5.11 Å². The van der Waals surface area contributed by atoms with Crippen molar-refractivity contribution in [3.05, 3.63) is 41.5 Å². The Morgan fingerprint density at radius 1 is 1.19 bits per heavy atom. The van der Waals surface area contributed by atoms with Crippen LogP contribution in [0.5, 0.6) is 0 Å². The van der Waals surface area contributed by atoms with Crippen molar-refractivity contribution in [2.75, 3.05) is 6.61 Å². The van der Waals surface area contributed by atoms with Crippen LogP contribution in [0, 0.1) is 11.3 Å². The van der Waals surface area contributed by atoms with E-state index in [0.29, 0.717) is 5.92 Å². The lowest BCUT2D eigenvalue weighted by Crippen LogP contribution is -2.29. The van der Waals surface area contributed by atoms with E-state index >= 15 is 0 Å². The van der Waals surface area contributed by atoms with Crippen molar-refractivity contribution in [2.24, 2.45) is 11.3 Å². The van der Waals surface area contributed by atoms with Crippen LogP contribution in [0.1, 0.15) is 37.8 Å². The Bertz CT molecular complexity index is 398. The van der Waals surface area contributed by atoms with E-state index in [4.69, 9.17) is 0 Å². The number of hydrogen-bond donors (Lipinski definition) is 1. The van der Waals surface area contributed by atoms with Crippen molar-refractivity contribution in [1.82, 2.24) is 0 Å². The second-order valence-corrected chi connectivity index (χ2v) is 5.67. The Morgan fingerprint density at radius 2 is 1.88 bits per heavy atom. The van der Waals surface area contributed by atoms with Crippen LogP contribution < -0.4 is 0 Å². The fourth-order valence-electron chi connectivity index (χ4n) is 2.64. The van der Waals surface area contributed by atoms with Crippen molar-refractivity contribution < 1.29 is 5.11 Å². The molecule has 0 unspecified atom stereocenters. The first-order valence-electron chi connectivity index (χ1n) is 5.92. The van der Waals surface area contributed by atoms with Crippen molar-refractivity contribution in [3.8, 4) is 0 Å². The summed E-state index contributed by atoms with van der Waals surface area (Å²) in [7, 11) is 0. The van der Waals surface area contributed by atoms with Crippen LogP contribution in [0.15, 0.2) is 30.3 Å². The molecule has 0 amide bonds. The molecule has 0 radical (unpaired) electrons. The molecule has 1 aliphatic rings. The van der Waals surface area contributed by atoms with Gasteiger partial charge in [-0.25, -0.2) is 0 Å². The van der Waals surface area contributed by atoms with Crippen molar-refractivity contribution in [2.45, 2.75) is 26.7 Å². The molecule has 1 aromatic carbocycles. The Kier molecular flexibility index (Phi) is 2.90. The largest absolute Gasteiger partial charge is 0.396 e. The molecule has 1 nitrogen and oxygen atoms in total. The highest BCUT2D eigenvalue weighted by atomic mass is 16.3. The summed E-state index contributed by atoms with van der Waals surface area (Å²) in [5.41, 5.74) is 2.73. The fourth-order valence-corrected chi connectivity index (χ4v) is 2.64. The molecule has 1 N–H and O–H groups in total. The van der Waals surface area contributed by atoms with E-state index in [1.807, 2.05) is 0 Å². The van der Waals surface area contributed by atoms with Crippen LogP contribution in [0.3, 0.4) is 0 Å². The molecule has 2 atom stereocenters. The van der Waals surface area contributed by atoms with Gasteiger partial charge in [-0.05, 0) is 22.5 Å². The van der Waals surface area contributed by atoms with E-state index in [-0.39, 0.29) is 17.9 Å². The first-order valence-corrected chi connectivity index (χ1v) is 5.92. The van der Waals surface area contributed by atoms with Crippen LogP contribution in [-0.2, 0) is 0 Å². The SMILES string of the molecule is CC(C)(C)[C@@H]1C=Cc2ccccc2[C@H]1CO. The van der Waals surface area contributed by atoms with Crippen LogP contribution >= 0.6 is 0 Å². The summed E-state index contributed by atoms with van der Waals surface area (Å²) in [5.74, 6) is 0.647. The average Bonchev–Trinajstić information content (AvgIpc) is 2.26. The van der Waals surface area contributed by atoms with Gasteiger partial charge in [-0.2, -0.15) is 0 Å². The summed E-state index contributed by atoms with van der Waals surface area (Å²) >= 11 is 0. The molecule has 86 valence electrons. The van der Waals surface area contributed by atoms with Crippen molar-refractivity contribution >= 4 is 6.08 Å². The third-order valence-electron chi connectivity index (χ3n) is 3.51. The molecule has 16 heavy (non-hydrogen) atoms. The summed E-state index contributed by atoms with van der Waals surface area (Å²) < 4.78 is 0. The molecule has 2 rings (SSSR count). The number of allylic oxidation sites excluding steroid dienone is 1. The highest BCUT2D eigenvalue weighted by Crippen LogP contribution is 2.43. The van der Waals surface area contributed by atoms with E-state index in [1.165, 1.54) is 11.1 Å². The lowest BCUT2D eigenvalue weighted by molar-refractivity contribution is 0.174. The summed E-state index contributed by atoms with van der Waals surface area (Å²) in [6.45, 7) is 6.93. The zero-order chi connectivity index (χ0) is 11.8. The van der Waals surface area contributed by atoms with Crippen LogP contribution in [-0.4, -0.2) is 11.7 Å². The van der Waals surface area contributed by atoms with E-state index in [0.717, 1.165) is 0 Å². The van der Waals surface area contributed by atoms with E-state index < -0.39 is 0 Å². The number of aliphatic hydroxyl groups is 1. The Balaban J connectivity index is 2.44. The highest BCUT2D eigenvalue weighted by molar-refractivity contribution is 5.58. The predicted octanol–water partition coefficient (Wildman–Crippen LogP) is 3.45. The summed E-state index contributed by atoms with van der Waals surface area (Å²) in [6.07, 6.45) is 4.45. The molecule has 0 saturated heterocycles. The monoisotopic (exact) mass is 216 g/mol. The van der Waals surface area contributed by atoms with Crippen LogP contribution in [0.4, 0.5) is 0 Å². The molecule has 0 heterocycles. The Morgan fingerprint density at radius 3 is 2.50 bits per heavy atom. The van der Waals surface area contributed by atoms with Gasteiger partial charge in [-0.15, -0.1) is 0 Å². The van der Waals surface area contributed by atoms with Crippen molar-refractivity contribution in [3.63, 3.8) is 0 Å². The van der Waals surface area contributed by atoms with Crippen LogP contribution in [0.2, 0.25) is 0 Å². The molecule has 0 fully saturated rings. The normalized spacial score (nSPS) is 24.2. The van der Waals surface area contributed by atoms with Gasteiger partial charge in [0, 0.05) is 5.92 Å². The minimum Gasteiger partial charge on any atom is -0.396 e. The van der Waals surface area contributed by atoms with Gasteiger partial charge in [0.25, 0.3) is 0 Å². The number of benzene rings is 1. The molecule has 1 aromatic rings. The third kappa shape index (κ3) is 1.92. The number of fused-ring (bicyclic) bond motifs is 1. The van der Waals surface area contributed by atoms with Gasteiger partial charge in [-0.3, -0.25) is 0 Å². The van der Waals surface area contributed by atoms with Gasteiger partial charge in [-0.1, -0.05) is 57.2 Å². The maximum atomic E-state index is 9.64. The first kappa shape index (κ1) is 11.4. The molecule has 0 bridgehead atoms. The Labute approximate surface area is 97.8 Å². The van der Waals surface area contributed by atoms with E-state index in [1.54, 1.807) is 0 Å². The first-order chi connectivity index (χ1) is 7.54. The molecular weight excluding hydrogens is 196 g/mol. The van der Waals surface area contributed by atoms with E-state index in [9.17, 15) is 5.11 Å². The number of aliphatic hydroxyl groups excluding tert-OH is 1.